The average molecular weight is 302 g/mol. The van der Waals surface area contributed by atoms with Crippen LogP contribution in [-0.2, 0) is 0 Å². The standard InChI is InChI=1S/C17H14N6/c18-17-21-15-10-4-9-14(23(15)22-17)20-16-13(8-5-11-19-16)12-6-2-1-3-7-12/h1-11H,(H2,18,22)(H,19,20). The molecule has 23 heavy (non-hydrogen) atoms. The fourth-order valence-electron chi connectivity index (χ4n) is 2.49. The highest BCUT2D eigenvalue weighted by molar-refractivity contribution is 5.77. The van der Waals surface area contributed by atoms with Crippen LogP contribution in [-0.4, -0.2) is 19.6 Å². The molecule has 0 radical (unpaired) electrons. The van der Waals surface area contributed by atoms with Crippen LogP contribution < -0.4 is 11.1 Å². The zero-order chi connectivity index (χ0) is 15.6. The van der Waals surface area contributed by atoms with Gasteiger partial charge >= 0.3 is 0 Å². The molecular formula is C17H14N6. The van der Waals surface area contributed by atoms with Gasteiger partial charge < -0.3 is 11.1 Å². The monoisotopic (exact) mass is 302 g/mol. The van der Waals surface area contributed by atoms with Gasteiger partial charge in [-0.25, -0.2) is 4.98 Å². The van der Waals surface area contributed by atoms with E-state index in [1.165, 1.54) is 0 Å². The van der Waals surface area contributed by atoms with E-state index in [0.29, 0.717) is 5.65 Å². The molecule has 0 saturated carbocycles. The van der Waals surface area contributed by atoms with Crippen LogP contribution >= 0.6 is 0 Å². The van der Waals surface area contributed by atoms with Crippen LogP contribution in [0.25, 0.3) is 16.8 Å². The van der Waals surface area contributed by atoms with Crippen molar-refractivity contribution in [2.45, 2.75) is 0 Å². The first-order valence-electron chi connectivity index (χ1n) is 7.20. The Kier molecular flexibility index (Phi) is 3.12. The summed E-state index contributed by atoms with van der Waals surface area (Å²) in [6.07, 6.45) is 1.75. The number of nitrogens with zero attached hydrogens (tertiary/aromatic N) is 4. The number of nitrogens with two attached hydrogens (primary N) is 1. The predicted molar refractivity (Wildman–Crippen MR) is 90.4 cm³/mol. The molecule has 0 unspecified atom stereocenters. The van der Waals surface area contributed by atoms with Gasteiger partial charge in [-0.2, -0.15) is 9.50 Å². The summed E-state index contributed by atoms with van der Waals surface area (Å²) in [6.45, 7) is 0. The van der Waals surface area contributed by atoms with Crippen molar-refractivity contribution in [3.63, 3.8) is 0 Å². The number of rotatable bonds is 3. The molecule has 0 amide bonds. The molecule has 0 spiro atoms. The third-order valence-corrected chi connectivity index (χ3v) is 3.52. The minimum Gasteiger partial charge on any atom is -0.366 e. The summed E-state index contributed by atoms with van der Waals surface area (Å²) in [7, 11) is 0. The Labute approximate surface area is 132 Å². The second-order valence-corrected chi connectivity index (χ2v) is 5.04. The number of hydrogen-bond donors (Lipinski definition) is 2. The minimum atomic E-state index is 0.239. The highest BCUT2D eigenvalue weighted by atomic mass is 15.4. The van der Waals surface area contributed by atoms with Gasteiger partial charge in [-0.05, 0) is 29.8 Å². The van der Waals surface area contributed by atoms with Gasteiger partial charge in [0.1, 0.15) is 11.6 Å². The third kappa shape index (κ3) is 2.46. The molecule has 3 N–H and O–H groups in total. The summed E-state index contributed by atoms with van der Waals surface area (Å²) in [5, 5.41) is 7.53. The van der Waals surface area contributed by atoms with Crippen molar-refractivity contribution >= 4 is 23.2 Å². The van der Waals surface area contributed by atoms with Crippen LogP contribution in [0.2, 0.25) is 0 Å². The second-order valence-electron chi connectivity index (χ2n) is 5.04. The van der Waals surface area contributed by atoms with E-state index in [9.17, 15) is 0 Å². The lowest BCUT2D eigenvalue weighted by Crippen LogP contribution is -2.02. The molecule has 3 aromatic heterocycles. The topological polar surface area (TPSA) is 81.1 Å². The summed E-state index contributed by atoms with van der Waals surface area (Å²) >= 11 is 0. The largest absolute Gasteiger partial charge is 0.366 e. The molecule has 1 aromatic carbocycles. The van der Waals surface area contributed by atoms with E-state index in [2.05, 4.69) is 32.5 Å². The fourth-order valence-corrected chi connectivity index (χ4v) is 2.49. The number of fused-ring (bicyclic) bond motifs is 1. The molecule has 0 aliphatic heterocycles. The van der Waals surface area contributed by atoms with Gasteiger partial charge in [0.15, 0.2) is 5.65 Å². The van der Waals surface area contributed by atoms with E-state index in [0.717, 1.165) is 22.8 Å². The number of anilines is 3. The number of aromatic nitrogens is 4. The first kappa shape index (κ1) is 13.3. The Balaban J connectivity index is 1.80. The van der Waals surface area contributed by atoms with Gasteiger partial charge in [0, 0.05) is 11.8 Å². The van der Waals surface area contributed by atoms with Crippen molar-refractivity contribution in [3.8, 4) is 11.1 Å². The van der Waals surface area contributed by atoms with Crippen molar-refractivity contribution in [1.29, 1.82) is 0 Å². The maximum absolute atomic E-state index is 5.69. The van der Waals surface area contributed by atoms with Crippen molar-refractivity contribution in [3.05, 3.63) is 66.9 Å². The summed E-state index contributed by atoms with van der Waals surface area (Å²) in [5.74, 6) is 1.74. The maximum atomic E-state index is 5.69. The Morgan fingerprint density at radius 3 is 2.65 bits per heavy atom. The first-order valence-corrected chi connectivity index (χ1v) is 7.20. The summed E-state index contributed by atoms with van der Waals surface area (Å²) in [6, 6.07) is 19.7. The first-order chi connectivity index (χ1) is 11.3. The average Bonchev–Trinajstić information content (AvgIpc) is 2.98. The number of nitrogens with one attached hydrogen (secondary N) is 1. The van der Waals surface area contributed by atoms with Crippen LogP contribution in [0.5, 0.6) is 0 Å². The highest BCUT2D eigenvalue weighted by Gasteiger charge is 2.09. The second kappa shape index (κ2) is 5.42. The van der Waals surface area contributed by atoms with Crippen LogP contribution in [0, 0.1) is 0 Å². The lowest BCUT2D eigenvalue weighted by atomic mass is 10.1. The van der Waals surface area contributed by atoms with Crippen molar-refractivity contribution in [2.75, 3.05) is 11.1 Å². The summed E-state index contributed by atoms with van der Waals surface area (Å²) < 4.78 is 1.67. The molecule has 112 valence electrons. The van der Waals surface area contributed by atoms with E-state index in [-0.39, 0.29) is 5.95 Å². The smallest absolute Gasteiger partial charge is 0.240 e. The van der Waals surface area contributed by atoms with Gasteiger partial charge in [0.2, 0.25) is 5.95 Å². The Hall–Kier alpha value is -3.41. The van der Waals surface area contributed by atoms with Gasteiger partial charge in [0.05, 0.1) is 0 Å². The zero-order valence-electron chi connectivity index (χ0n) is 12.2. The summed E-state index contributed by atoms with van der Waals surface area (Å²) in [4.78, 5) is 8.63. The van der Waals surface area contributed by atoms with Crippen molar-refractivity contribution < 1.29 is 0 Å². The molecule has 0 saturated heterocycles. The van der Waals surface area contributed by atoms with E-state index in [1.807, 2.05) is 48.5 Å². The van der Waals surface area contributed by atoms with Crippen LogP contribution in [0.3, 0.4) is 0 Å². The van der Waals surface area contributed by atoms with E-state index < -0.39 is 0 Å². The molecule has 6 nitrogen and oxygen atoms in total. The highest BCUT2D eigenvalue weighted by Crippen LogP contribution is 2.28. The predicted octanol–water partition coefficient (Wildman–Crippen LogP) is 3.12. The lowest BCUT2D eigenvalue weighted by molar-refractivity contribution is 0.973. The number of nitrogen functional groups attached to an aromatic ring is 1. The molecule has 3 heterocycles. The zero-order valence-corrected chi connectivity index (χ0v) is 12.2. The lowest BCUT2D eigenvalue weighted by Gasteiger charge is -2.11. The molecule has 0 fully saturated rings. The molecule has 0 atom stereocenters. The molecule has 0 aliphatic carbocycles. The number of benzene rings is 1. The quantitative estimate of drug-likeness (QED) is 0.607. The van der Waals surface area contributed by atoms with Gasteiger partial charge in [-0.1, -0.05) is 36.4 Å². The van der Waals surface area contributed by atoms with E-state index in [4.69, 9.17) is 5.73 Å². The van der Waals surface area contributed by atoms with Crippen molar-refractivity contribution in [2.24, 2.45) is 0 Å². The molecular weight excluding hydrogens is 288 g/mol. The Morgan fingerprint density at radius 2 is 1.78 bits per heavy atom. The van der Waals surface area contributed by atoms with E-state index in [1.54, 1.807) is 10.7 Å². The molecule has 0 bridgehead atoms. The number of hydrogen-bond acceptors (Lipinski definition) is 5. The van der Waals surface area contributed by atoms with Crippen LogP contribution in [0.15, 0.2) is 66.9 Å². The molecule has 6 heteroatoms. The molecule has 0 aliphatic rings. The van der Waals surface area contributed by atoms with Crippen LogP contribution in [0.4, 0.5) is 17.6 Å². The Morgan fingerprint density at radius 1 is 0.913 bits per heavy atom. The third-order valence-electron chi connectivity index (χ3n) is 3.52. The van der Waals surface area contributed by atoms with Crippen molar-refractivity contribution in [1.82, 2.24) is 19.6 Å². The van der Waals surface area contributed by atoms with E-state index >= 15 is 0 Å². The van der Waals surface area contributed by atoms with Gasteiger partial charge in [0.25, 0.3) is 0 Å². The normalized spacial score (nSPS) is 10.8. The van der Waals surface area contributed by atoms with Gasteiger partial charge in [-0.3, -0.25) is 0 Å². The van der Waals surface area contributed by atoms with Crippen LogP contribution in [0.1, 0.15) is 0 Å². The maximum Gasteiger partial charge on any atom is 0.240 e. The summed E-state index contributed by atoms with van der Waals surface area (Å²) in [5.41, 5.74) is 8.48. The number of pyridine rings is 2. The molecule has 4 aromatic rings. The molecule has 4 rings (SSSR count). The Bertz CT molecular complexity index is 961. The fraction of sp³-hybridized carbons (Fsp3) is 0. The SMILES string of the molecule is Nc1nc2cccc(Nc3ncccc3-c3ccccc3)n2n1. The minimum absolute atomic E-state index is 0.239. The van der Waals surface area contributed by atoms with Gasteiger partial charge in [-0.15, -0.1) is 5.10 Å².